The highest BCUT2D eigenvalue weighted by Gasteiger charge is 2.24. The van der Waals surface area contributed by atoms with Crippen LogP contribution < -0.4 is 5.32 Å². The van der Waals surface area contributed by atoms with E-state index in [0.29, 0.717) is 12.0 Å². The van der Waals surface area contributed by atoms with Gasteiger partial charge in [-0.2, -0.15) is 5.10 Å². The molecule has 1 N–H and O–H groups in total. The summed E-state index contributed by atoms with van der Waals surface area (Å²) in [5.41, 5.74) is 2.00. The first-order chi connectivity index (χ1) is 12.2. The summed E-state index contributed by atoms with van der Waals surface area (Å²) in [5.74, 6) is 0.489. The number of para-hydroxylation sites is 2. The first-order valence-corrected chi connectivity index (χ1v) is 8.86. The Morgan fingerprint density at radius 2 is 2.04 bits per heavy atom. The van der Waals surface area contributed by atoms with E-state index in [1.807, 2.05) is 18.2 Å². The molecule has 1 saturated carbocycles. The molecule has 7 heteroatoms. The number of rotatable bonds is 4. The SMILES string of the molecule is C[C@@H](C(=O)Nc1nc2ccccc2n1C1CCCCC1)n1cncn1. The zero-order valence-corrected chi connectivity index (χ0v) is 14.3. The Morgan fingerprint density at radius 1 is 1.24 bits per heavy atom. The fourth-order valence-corrected chi connectivity index (χ4v) is 3.59. The van der Waals surface area contributed by atoms with Crippen molar-refractivity contribution < 1.29 is 4.79 Å². The summed E-state index contributed by atoms with van der Waals surface area (Å²) in [6.07, 6.45) is 8.97. The molecule has 0 unspecified atom stereocenters. The summed E-state index contributed by atoms with van der Waals surface area (Å²) in [7, 11) is 0. The molecule has 4 rings (SSSR count). The topological polar surface area (TPSA) is 77.6 Å². The molecule has 2 heterocycles. The second-order valence-electron chi connectivity index (χ2n) is 6.63. The molecule has 1 aliphatic carbocycles. The largest absolute Gasteiger partial charge is 0.307 e. The van der Waals surface area contributed by atoms with Crippen molar-refractivity contribution in [1.82, 2.24) is 24.3 Å². The molecule has 1 aromatic carbocycles. The Kier molecular flexibility index (Phi) is 4.21. The minimum atomic E-state index is -0.442. The van der Waals surface area contributed by atoms with Crippen molar-refractivity contribution in [2.75, 3.05) is 5.32 Å². The average Bonchev–Trinajstić information content (AvgIpc) is 3.29. The fourth-order valence-electron chi connectivity index (χ4n) is 3.59. The number of carbonyl (C=O) groups is 1. The molecule has 130 valence electrons. The Bertz CT molecular complexity index is 863. The molecule has 0 radical (unpaired) electrons. The minimum absolute atomic E-state index is 0.141. The number of aromatic nitrogens is 5. The summed E-state index contributed by atoms with van der Waals surface area (Å²) in [4.78, 5) is 21.3. The molecule has 1 aliphatic rings. The highest BCUT2D eigenvalue weighted by Crippen LogP contribution is 2.34. The predicted molar refractivity (Wildman–Crippen MR) is 95.2 cm³/mol. The second-order valence-corrected chi connectivity index (χ2v) is 6.63. The van der Waals surface area contributed by atoms with Crippen LogP contribution in [0.2, 0.25) is 0 Å². The van der Waals surface area contributed by atoms with Gasteiger partial charge in [0.25, 0.3) is 5.91 Å². The summed E-state index contributed by atoms with van der Waals surface area (Å²) in [5, 5.41) is 7.06. The van der Waals surface area contributed by atoms with E-state index in [4.69, 9.17) is 0 Å². The van der Waals surface area contributed by atoms with Crippen LogP contribution in [0.4, 0.5) is 5.95 Å². The number of benzene rings is 1. The number of anilines is 1. The molecule has 0 saturated heterocycles. The van der Waals surface area contributed by atoms with Gasteiger partial charge < -0.3 is 4.57 Å². The summed E-state index contributed by atoms with van der Waals surface area (Å²) in [6, 6.07) is 8.01. The smallest absolute Gasteiger partial charge is 0.251 e. The molecule has 1 atom stereocenters. The third-order valence-electron chi connectivity index (χ3n) is 4.98. The molecule has 25 heavy (non-hydrogen) atoms. The van der Waals surface area contributed by atoms with E-state index in [1.54, 1.807) is 17.9 Å². The molecule has 7 nitrogen and oxygen atoms in total. The molecular weight excluding hydrogens is 316 g/mol. The summed E-state index contributed by atoms with van der Waals surface area (Å²) in [6.45, 7) is 1.80. The molecule has 1 fully saturated rings. The third kappa shape index (κ3) is 3.01. The van der Waals surface area contributed by atoms with Gasteiger partial charge >= 0.3 is 0 Å². The normalized spacial score (nSPS) is 16.8. The van der Waals surface area contributed by atoms with Gasteiger partial charge in [0.2, 0.25) is 5.95 Å². The van der Waals surface area contributed by atoms with Crippen LogP contribution in [0, 0.1) is 0 Å². The van der Waals surface area contributed by atoms with Crippen molar-refractivity contribution in [3.05, 3.63) is 36.9 Å². The van der Waals surface area contributed by atoms with E-state index in [2.05, 4.69) is 31.0 Å². The van der Waals surface area contributed by atoms with Gasteiger partial charge in [0, 0.05) is 6.04 Å². The van der Waals surface area contributed by atoms with Crippen LogP contribution in [-0.4, -0.2) is 30.2 Å². The maximum Gasteiger partial charge on any atom is 0.251 e. The zero-order chi connectivity index (χ0) is 17.2. The second kappa shape index (κ2) is 6.66. The number of amides is 1. The number of fused-ring (bicyclic) bond motifs is 1. The number of hydrogen-bond donors (Lipinski definition) is 1. The van der Waals surface area contributed by atoms with Crippen molar-refractivity contribution in [2.24, 2.45) is 0 Å². The van der Waals surface area contributed by atoms with Gasteiger partial charge in [0.15, 0.2) is 0 Å². The quantitative estimate of drug-likeness (QED) is 0.791. The van der Waals surface area contributed by atoms with Crippen molar-refractivity contribution >= 4 is 22.9 Å². The number of carbonyl (C=O) groups excluding carboxylic acids is 1. The van der Waals surface area contributed by atoms with E-state index >= 15 is 0 Å². The predicted octanol–water partition coefficient (Wildman–Crippen LogP) is 3.33. The third-order valence-corrected chi connectivity index (χ3v) is 4.98. The molecule has 2 aromatic heterocycles. The van der Waals surface area contributed by atoms with Crippen LogP contribution in [0.25, 0.3) is 11.0 Å². The molecule has 0 bridgehead atoms. The Labute approximate surface area is 146 Å². The highest BCUT2D eigenvalue weighted by atomic mass is 16.2. The van der Waals surface area contributed by atoms with Crippen molar-refractivity contribution in [1.29, 1.82) is 0 Å². The number of nitrogens with one attached hydrogen (secondary N) is 1. The van der Waals surface area contributed by atoms with Gasteiger partial charge in [0.05, 0.1) is 11.0 Å². The fraction of sp³-hybridized carbons (Fsp3) is 0.444. The van der Waals surface area contributed by atoms with Crippen molar-refractivity contribution in [3.63, 3.8) is 0 Å². The van der Waals surface area contributed by atoms with Crippen LogP contribution in [0.5, 0.6) is 0 Å². The maximum absolute atomic E-state index is 12.7. The van der Waals surface area contributed by atoms with E-state index < -0.39 is 6.04 Å². The lowest BCUT2D eigenvalue weighted by atomic mass is 9.95. The first-order valence-electron chi connectivity index (χ1n) is 8.86. The van der Waals surface area contributed by atoms with Crippen LogP contribution in [0.3, 0.4) is 0 Å². The van der Waals surface area contributed by atoms with Crippen LogP contribution >= 0.6 is 0 Å². The van der Waals surface area contributed by atoms with Gasteiger partial charge in [-0.1, -0.05) is 31.4 Å². The molecule has 0 aliphatic heterocycles. The molecule has 3 aromatic rings. The van der Waals surface area contributed by atoms with Crippen LogP contribution in [0.15, 0.2) is 36.9 Å². The number of hydrogen-bond acceptors (Lipinski definition) is 4. The van der Waals surface area contributed by atoms with E-state index in [1.165, 1.54) is 25.6 Å². The average molecular weight is 338 g/mol. The standard InChI is InChI=1S/C18H22N6O/c1-13(23-12-19-11-20-23)17(25)22-18-21-15-9-5-6-10-16(15)24(18)14-7-3-2-4-8-14/h5-6,9-14H,2-4,7-8H2,1H3,(H,21,22,25)/t13-/m0/s1. The van der Waals surface area contributed by atoms with Gasteiger partial charge in [-0.15, -0.1) is 0 Å². The molecule has 0 spiro atoms. The van der Waals surface area contributed by atoms with Gasteiger partial charge in [-0.3, -0.25) is 10.1 Å². The van der Waals surface area contributed by atoms with Crippen LogP contribution in [0.1, 0.15) is 51.1 Å². The van der Waals surface area contributed by atoms with E-state index in [-0.39, 0.29) is 5.91 Å². The Balaban J connectivity index is 1.67. The Morgan fingerprint density at radius 3 is 2.80 bits per heavy atom. The first kappa shape index (κ1) is 15.8. The van der Waals surface area contributed by atoms with Gasteiger partial charge in [-0.25, -0.2) is 14.6 Å². The monoisotopic (exact) mass is 338 g/mol. The summed E-state index contributed by atoms with van der Waals surface area (Å²) < 4.78 is 3.75. The lowest BCUT2D eigenvalue weighted by molar-refractivity contribution is -0.119. The number of nitrogens with zero attached hydrogens (tertiary/aromatic N) is 5. The zero-order valence-electron chi connectivity index (χ0n) is 14.3. The van der Waals surface area contributed by atoms with E-state index in [0.717, 1.165) is 23.9 Å². The van der Waals surface area contributed by atoms with Crippen molar-refractivity contribution in [2.45, 2.75) is 51.1 Å². The molecule has 1 amide bonds. The lowest BCUT2D eigenvalue weighted by Crippen LogP contribution is -2.26. The Hall–Kier alpha value is -2.70. The highest BCUT2D eigenvalue weighted by molar-refractivity contribution is 5.93. The van der Waals surface area contributed by atoms with Crippen molar-refractivity contribution in [3.8, 4) is 0 Å². The van der Waals surface area contributed by atoms with Gasteiger partial charge in [-0.05, 0) is 31.9 Å². The van der Waals surface area contributed by atoms with E-state index in [9.17, 15) is 4.79 Å². The molecular formula is C18H22N6O. The van der Waals surface area contributed by atoms with Gasteiger partial charge in [0.1, 0.15) is 18.7 Å². The number of imidazole rings is 1. The lowest BCUT2D eigenvalue weighted by Gasteiger charge is -2.25. The minimum Gasteiger partial charge on any atom is -0.307 e. The summed E-state index contributed by atoms with van der Waals surface area (Å²) >= 11 is 0. The maximum atomic E-state index is 12.7. The van der Waals surface area contributed by atoms with Crippen LogP contribution in [-0.2, 0) is 4.79 Å².